The molecule has 0 aromatic rings. The highest BCUT2D eigenvalue weighted by Crippen LogP contribution is 2.21. The minimum Gasteiger partial charge on any atom is -0.465 e. The van der Waals surface area contributed by atoms with Crippen LogP contribution in [0, 0.1) is 0 Å². The fourth-order valence-electron chi connectivity index (χ4n) is 1.76. The molecule has 1 rings (SSSR count). The number of carbonyl (C=O) groups excluding carboxylic acids is 1. The number of hydrogen-bond acceptors (Lipinski definition) is 4. The van der Waals surface area contributed by atoms with Crippen LogP contribution in [-0.2, 0) is 9.53 Å². The number of hydrogen-bond donors (Lipinski definition) is 1. The lowest BCUT2D eigenvalue weighted by molar-refractivity contribution is -0.146. The zero-order valence-electron chi connectivity index (χ0n) is 12.5. The topological polar surface area (TPSA) is 41.6 Å². The van der Waals surface area contributed by atoms with Crippen LogP contribution in [0.5, 0.6) is 0 Å². The molecule has 0 radical (unpaired) electrons. The normalized spacial score (nSPS) is 17.9. The number of likely N-dealkylation sites (N-methyl/N-ethyl adjacent to an activating group) is 1. The number of nitrogens with one attached hydrogen (secondary N) is 1. The molecule has 0 aliphatic heterocycles. The molecule has 0 saturated heterocycles. The van der Waals surface area contributed by atoms with Gasteiger partial charge in [-0.3, -0.25) is 9.69 Å². The van der Waals surface area contributed by atoms with Gasteiger partial charge in [0.25, 0.3) is 0 Å². The second-order valence-electron chi connectivity index (χ2n) is 5.79. The van der Waals surface area contributed by atoms with Gasteiger partial charge in [-0.2, -0.15) is 0 Å². The summed E-state index contributed by atoms with van der Waals surface area (Å²) in [6.07, 6.45) is 3.41. The molecule has 1 atom stereocenters. The number of carbonyl (C=O) groups is 1. The number of ether oxygens (including phenoxy) is 1. The van der Waals surface area contributed by atoms with E-state index < -0.39 is 0 Å². The number of esters is 1. The van der Waals surface area contributed by atoms with E-state index in [-0.39, 0.29) is 17.6 Å². The molecule has 4 heteroatoms. The zero-order valence-corrected chi connectivity index (χ0v) is 12.5. The third-order valence-electron chi connectivity index (χ3n) is 3.94. The molecule has 1 unspecified atom stereocenters. The Labute approximate surface area is 111 Å². The molecule has 1 aliphatic carbocycles. The van der Waals surface area contributed by atoms with Gasteiger partial charge in [-0.05, 0) is 47.1 Å². The van der Waals surface area contributed by atoms with Gasteiger partial charge in [0, 0.05) is 18.1 Å². The van der Waals surface area contributed by atoms with E-state index in [0.717, 1.165) is 6.42 Å². The van der Waals surface area contributed by atoms with Gasteiger partial charge in [-0.25, -0.2) is 0 Å². The predicted octanol–water partition coefficient (Wildman–Crippen LogP) is 1.79. The molecule has 1 saturated carbocycles. The van der Waals surface area contributed by atoms with E-state index in [1.54, 1.807) is 0 Å². The lowest BCUT2D eigenvalue weighted by Gasteiger charge is -2.36. The average Bonchev–Trinajstić information content (AvgIpc) is 3.12. The van der Waals surface area contributed by atoms with Crippen molar-refractivity contribution in [2.24, 2.45) is 0 Å². The monoisotopic (exact) mass is 256 g/mol. The minimum absolute atomic E-state index is 0.107. The number of nitrogens with zero attached hydrogens (tertiary/aromatic N) is 1. The first-order valence-electron chi connectivity index (χ1n) is 7.04. The Kier molecular flexibility index (Phi) is 5.60. The van der Waals surface area contributed by atoms with Crippen LogP contribution >= 0.6 is 0 Å². The molecule has 1 N–H and O–H groups in total. The third kappa shape index (κ3) is 4.58. The van der Waals surface area contributed by atoms with E-state index >= 15 is 0 Å². The Morgan fingerprint density at radius 1 is 1.44 bits per heavy atom. The molecule has 106 valence electrons. The summed E-state index contributed by atoms with van der Waals surface area (Å²) in [4.78, 5) is 14.2. The average molecular weight is 256 g/mol. The second kappa shape index (κ2) is 6.53. The summed E-state index contributed by atoms with van der Waals surface area (Å²) in [5.74, 6) is -0.122. The second-order valence-corrected chi connectivity index (χ2v) is 5.79. The van der Waals surface area contributed by atoms with Crippen molar-refractivity contribution in [3.63, 3.8) is 0 Å². The molecule has 0 bridgehead atoms. The van der Waals surface area contributed by atoms with E-state index in [4.69, 9.17) is 4.74 Å². The van der Waals surface area contributed by atoms with Crippen molar-refractivity contribution >= 4 is 5.97 Å². The summed E-state index contributed by atoms with van der Waals surface area (Å²) in [5.41, 5.74) is 0.107. The molecule has 18 heavy (non-hydrogen) atoms. The summed E-state index contributed by atoms with van der Waals surface area (Å²) in [6, 6.07) is 0.311. The standard InChI is InChI=1S/C14H28N2O2/c1-6-14(3,4)16(5)10-12(13(17)18-7-2)15-11-8-9-11/h11-12,15H,6-10H2,1-5H3. The maximum absolute atomic E-state index is 11.9. The van der Waals surface area contributed by atoms with E-state index in [0.29, 0.717) is 19.2 Å². The van der Waals surface area contributed by atoms with Crippen LogP contribution < -0.4 is 5.32 Å². The highest BCUT2D eigenvalue weighted by Gasteiger charge is 2.32. The van der Waals surface area contributed by atoms with Crippen LogP contribution in [-0.4, -0.2) is 48.7 Å². The van der Waals surface area contributed by atoms with Gasteiger partial charge in [0.15, 0.2) is 0 Å². The highest BCUT2D eigenvalue weighted by atomic mass is 16.5. The molecule has 4 nitrogen and oxygen atoms in total. The fourth-order valence-corrected chi connectivity index (χ4v) is 1.76. The Balaban J connectivity index is 2.56. The summed E-state index contributed by atoms with van der Waals surface area (Å²) in [5, 5.41) is 3.39. The molecule has 1 fully saturated rings. The van der Waals surface area contributed by atoms with Crippen molar-refractivity contribution < 1.29 is 9.53 Å². The Morgan fingerprint density at radius 3 is 2.50 bits per heavy atom. The fraction of sp³-hybridized carbons (Fsp3) is 0.929. The van der Waals surface area contributed by atoms with Crippen molar-refractivity contribution in [1.29, 1.82) is 0 Å². The smallest absolute Gasteiger partial charge is 0.324 e. The molecule has 0 amide bonds. The van der Waals surface area contributed by atoms with Gasteiger partial charge < -0.3 is 10.1 Å². The summed E-state index contributed by atoms with van der Waals surface area (Å²) >= 11 is 0. The molecule has 0 heterocycles. The first kappa shape index (κ1) is 15.4. The molecule has 1 aliphatic rings. The highest BCUT2D eigenvalue weighted by molar-refractivity contribution is 5.76. The Bertz CT molecular complexity index is 275. The van der Waals surface area contributed by atoms with Gasteiger partial charge in [-0.1, -0.05) is 6.92 Å². The lowest BCUT2D eigenvalue weighted by atomic mass is 9.99. The summed E-state index contributed by atoms with van der Waals surface area (Å²) in [6.45, 7) is 9.58. The molecule has 0 aromatic carbocycles. The summed E-state index contributed by atoms with van der Waals surface area (Å²) < 4.78 is 5.15. The third-order valence-corrected chi connectivity index (χ3v) is 3.94. The van der Waals surface area contributed by atoms with Crippen LogP contribution in [0.3, 0.4) is 0 Å². The Hall–Kier alpha value is -0.610. The van der Waals surface area contributed by atoms with Crippen molar-refractivity contribution in [2.45, 2.75) is 64.6 Å². The molecular formula is C14H28N2O2. The largest absolute Gasteiger partial charge is 0.465 e. The minimum atomic E-state index is -0.201. The zero-order chi connectivity index (χ0) is 13.8. The van der Waals surface area contributed by atoms with Gasteiger partial charge in [0.05, 0.1) is 6.61 Å². The lowest BCUT2D eigenvalue weighted by Crippen LogP contribution is -2.52. The maximum atomic E-state index is 11.9. The van der Waals surface area contributed by atoms with E-state index in [2.05, 4.69) is 38.0 Å². The van der Waals surface area contributed by atoms with E-state index in [1.165, 1.54) is 12.8 Å². The van der Waals surface area contributed by atoms with Crippen LogP contribution in [0.1, 0.15) is 47.0 Å². The quantitative estimate of drug-likeness (QED) is 0.672. The Morgan fingerprint density at radius 2 is 2.06 bits per heavy atom. The van der Waals surface area contributed by atoms with Crippen LogP contribution in [0.25, 0.3) is 0 Å². The van der Waals surface area contributed by atoms with Crippen LogP contribution in [0.15, 0.2) is 0 Å². The van der Waals surface area contributed by atoms with Crippen LogP contribution in [0.4, 0.5) is 0 Å². The van der Waals surface area contributed by atoms with Crippen LogP contribution in [0.2, 0.25) is 0 Å². The SMILES string of the molecule is CCOC(=O)C(CN(C)C(C)(C)CC)NC1CC1. The van der Waals surface area contributed by atoms with Gasteiger partial charge in [0.2, 0.25) is 0 Å². The van der Waals surface area contributed by atoms with Crippen molar-refractivity contribution in [3.8, 4) is 0 Å². The maximum Gasteiger partial charge on any atom is 0.324 e. The van der Waals surface area contributed by atoms with E-state index in [9.17, 15) is 4.79 Å². The predicted molar refractivity (Wildman–Crippen MR) is 73.6 cm³/mol. The summed E-state index contributed by atoms with van der Waals surface area (Å²) in [7, 11) is 2.07. The van der Waals surface area contributed by atoms with Gasteiger partial charge >= 0.3 is 5.97 Å². The molecular weight excluding hydrogens is 228 g/mol. The molecule has 0 aromatic heterocycles. The van der Waals surface area contributed by atoms with Crippen molar-refractivity contribution in [3.05, 3.63) is 0 Å². The van der Waals surface area contributed by atoms with Gasteiger partial charge in [0.1, 0.15) is 6.04 Å². The van der Waals surface area contributed by atoms with E-state index in [1.807, 2.05) is 6.92 Å². The van der Waals surface area contributed by atoms with Crippen molar-refractivity contribution in [2.75, 3.05) is 20.2 Å². The van der Waals surface area contributed by atoms with Gasteiger partial charge in [-0.15, -0.1) is 0 Å². The number of rotatable bonds is 8. The first-order valence-corrected chi connectivity index (χ1v) is 7.04. The molecule has 0 spiro atoms. The van der Waals surface area contributed by atoms with Crippen molar-refractivity contribution in [1.82, 2.24) is 10.2 Å². The first-order chi connectivity index (χ1) is 8.40.